The smallest absolute Gasteiger partial charge is 0.416 e. The van der Waals surface area contributed by atoms with Crippen molar-refractivity contribution in [3.63, 3.8) is 0 Å². The van der Waals surface area contributed by atoms with E-state index in [2.05, 4.69) is 5.32 Å². The molecule has 2 amide bonds. The van der Waals surface area contributed by atoms with Crippen LogP contribution in [0.4, 0.5) is 13.2 Å². The van der Waals surface area contributed by atoms with E-state index in [1.54, 1.807) is 24.3 Å². The average molecular weight is 595 g/mol. The fourth-order valence-electron chi connectivity index (χ4n) is 3.65. The molecule has 0 aliphatic heterocycles. The van der Waals surface area contributed by atoms with Gasteiger partial charge in [0.05, 0.1) is 5.56 Å². The number of aryl methyl sites for hydroxylation is 1. The minimum Gasteiger partial charge on any atom is -0.481 e. The number of carboxylic acids is 1. The molecular formula is C32H26ClF3N2O4. The molecule has 0 unspecified atom stereocenters. The Morgan fingerprint density at radius 1 is 0.810 bits per heavy atom. The highest BCUT2D eigenvalue weighted by Crippen LogP contribution is 2.29. The minimum atomic E-state index is -4.50. The lowest BCUT2D eigenvalue weighted by atomic mass is 10.0. The van der Waals surface area contributed by atoms with Crippen molar-refractivity contribution in [2.75, 3.05) is 0 Å². The van der Waals surface area contributed by atoms with Gasteiger partial charge in [0.2, 0.25) is 0 Å². The molecule has 0 aliphatic carbocycles. The summed E-state index contributed by atoms with van der Waals surface area (Å²) in [5, 5.41) is 11.4. The van der Waals surface area contributed by atoms with Crippen molar-refractivity contribution in [1.29, 1.82) is 0 Å². The summed E-state index contributed by atoms with van der Waals surface area (Å²) >= 11 is 5.66. The lowest BCUT2D eigenvalue weighted by Gasteiger charge is -2.09. The molecule has 0 saturated heterocycles. The van der Waals surface area contributed by atoms with Crippen LogP contribution in [0.1, 0.15) is 33.5 Å². The minimum absolute atomic E-state index is 0.0328. The maximum absolute atomic E-state index is 12.6. The van der Waals surface area contributed by atoms with Gasteiger partial charge in [-0.3, -0.25) is 14.4 Å². The van der Waals surface area contributed by atoms with Gasteiger partial charge < -0.3 is 16.2 Å². The number of nitrogens with two attached hydrogens (primary N) is 1. The molecule has 4 aromatic carbocycles. The number of amides is 2. The van der Waals surface area contributed by atoms with Gasteiger partial charge in [-0.25, -0.2) is 0 Å². The molecular weight excluding hydrogens is 569 g/mol. The summed E-state index contributed by atoms with van der Waals surface area (Å²) in [7, 11) is 0. The number of carboxylic acid groups (broad SMARTS) is 1. The van der Waals surface area contributed by atoms with Gasteiger partial charge in [-0.15, -0.1) is 0 Å². The summed E-state index contributed by atoms with van der Waals surface area (Å²) in [5.41, 5.74) is 7.89. The first-order valence-corrected chi connectivity index (χ1v) is 12.9. The zero-order valence-corrected chi connectivity index (χ0v) is 22.8. The van der Waals surface area contributed by atoms with Gasteiger partial charge in [0, 0.05) is 17.0 Å². The van der Waals surface area contributed by atoms with Crippen LogP contribution in [0.3, 0.4) is 0 Å². The summed E-state index contributed by atoms with van der Waals surface area (Å²) < 4.78 is 37.9. The Balaban J connectivity index is 0.000000337. The molecule has 4 N–H and O–H groups in total. The van der Waals surface area contributed by atoms with E-state index in [0.717, 1.165) is 41.0 Å². The van der Waals surface area contributed by atoms with Gasteiger partial charge in [-0.2, -0.15) is 13.2 Å². The normalized spacial score (nSPS) is 11.2. The highest BCUT2D eigenvalue weighted by atomic mass is 35.5. The molecule has 0 heterocycles. The molecule has 216 valence electrons. The summed E-state index contributed by atoms with van der Waals surface area (Å²) in [5.74, 6) is -2.39. The second-order valence-corrected chi connectivity index (χ2v) is 9.40. The Bertz CT molecular complexity index is 1540. The number of primary amides is 1. The summed E-state index contributed by atoms with van der Waals surface area (Å²) in [4.78, 5) is 34.3. The van der Waals surface area contributed by atoms with Crippen LogP contribution in [0, 0.1) is 0 Å². The van der Waals surface area contributed by atoms with E-state index in [4.69, 9.17) is 22.4 Å². The van der Waals surface area contributed by atoms with Crippen LogP contribution >= 0.6 is 11.6 Å². The fraction of sp³-hybridized carbons (Fsp3) is 0.0938. The van der Waals surface area contributed by atoms with Crippen LogP contribution < -0.4 is 11.1 Å². The number of hydrogen-bond acceptors (Lipinski definition) is 3. The number of halogens is 4. The van der Waals surface area contributed by atoms with Gasteiger partial charge in [0.25, 0.3) is 11.8 Å². The van der Waals surface area contributed by atoms with Crippen molar-refractivity contribution in [3.05, 3.63) is 136 Å². The Kier molecular flexibility index (Phi) is 11.0. The number of hydrogen-bond donors (Lipinski definition) is 3. The van der Waals surface area contributed by atoms with Crippen LogP contribution in [0.2, 0.25) is 5.02 Å². The van der Waals surface area contributed by atoms with E-state index < -0.39 is 29.5 Å². The van der Waals surface area contributed by atoms with E-state index in [9.17, 15) is 27.6 Å². The molecule has 0 radical (unpaired) electrons. The monoisotopic (exact) mass is 594 g/mol. The fourth-order valence-corrected chi connectivity index (χ4v) is 3.77. The topological polar surface area (TPSA) is 109 Å². The van der Waals surface area contributed by atoms with Crippen molar-refractivity contribution >= 4 is 35.5 Å². The molecule has 0 bridgehead atoms. The lowest BCUT2D eigenvalue weighted by Crippen LogP contribution is -2.31. The highest BCUT2D eigenvalue weighted by Gasteiger charge is 2.30. The van der Waals surface area contributed by atoms with E-state index in [0.29, 0.717) is 17.0 Å². The quantitative estimate of drug-likeness (QED) is 0.191. The molecule has 0 spiro atoms. The largest absolute Gasteiger partial charge is 0.481 e. The van der Waals surface area contributed by atoms with Crippen molar-refractivity contribution in [2.45, 2.75) is 19.0 Å². The zero-order chi connectivity index (χ0) is 30.7. The SMILES string of the molecule is NC(=O)/C(=C\c1ccc(-c2ccccc2)cc1)NC(=O)c1ccc(C(F)(F)F)cc1.O=C(O)CCc1ccc(Cl)cc1. The van der Waals surface area contributed by atoms with Gasteiger partial charge in [-0.05, 0) is 71.1 Å². The van der Waals surface area contributed by atoms with Gasteiger partial charge in [0.15, 0.2) is 0 Å². The van der Waals surface area contributed by atoms with Crippen LogP contribution in [0.5, 0.6) is 0 Å². The standard InChI is InChI=1S/C23H17F3N2O2.C9H9ClO2/c24-23(25,26)19-12-10-18(11-13-19)22(30)28-20(21(27)29)14-15-6-8-17(9-7-15)16-4-2-1-3-5-16;10-8-4-1-7(2-5-8)3-6-9(11)12/h1-14H,(H2,27,29)(H,28,30);1-2,4-5H,3,6H2,(H,11,12)/b20-14+;. The maximum atomic E-state index is 12.6. The van der Waals surface area contributed by atoms with Crippen molar-refractivity contribution in [1.82, 2.24) is 5.32 Å². The number of benzene rings is 4. The number of alkyl halides is 3. The predicted octanol–water partition coefficient (Wildman–Crippen LogP) is 6.99. The molecule has 4 aromatic rings. The van der Waals surface area contributed by atoms with Crippen molar-refractivity contribution in [2.24, 2.45) is 5.73 Å². The van der Waals surface area contributed by atoms with E-state index in [1.807, 2.05) is 54.6 Å². The first-order chi connectivity index (χ1) is 19.9. The van der Waals surface area contributed by atoms with Crippen molar-refractivity contribution in [3.8, 4) is 11.1 Å². The second-order valence-electron chi connectivity index (χ2n) is 8.96. The first kappa shape index (κ1) is 31.6. The summed E-state index contributed by atoms with van der Waals surface area (Å²) in [6, 6.07) is 27.8. The molecule has 0 saturated carbocycles. The van der Waals surface area contributed by atoms with Gasteiger partial charge in [-0.1, -0.05) is 78.3 Å². The van der Waals surface area contributed by atoms with Crippen LogP contribution in [-0.4, -0.2) is 22.9 Å². The van der Waals surface area contributed by atoms with E-state index in [1.165, 1.54) is 6.08 Å². The Morgan fingerprint density at radius 2 is 1.38 bits per heavy atom. The van der Waals surface area contributed by atoms with E-state index in [-0.39, 0.29) is 17.7 Å². The van der Waals surface area contributed by atoms with Crippen LogP contribution in [0.25, 0.3) is 17.2 Å². The average Bonchev–Trinajstić information content (AvgIpc) is 2.97. The predicted molar refractivity (Wildman–Crippen MR) is 155 cm³/mol. The molecule has 0 aromatic heterocycles. The third-order valence-corrected chi connectivity index (χ3v) is 6.11. The first-order valence-electron chi connectivity index (χ1n) is 12.5. The molecule has 6 nitrogen and oxygen atoms in total. The Labute approximate surface area is 245 Å². The third kappa shape index (κ3) is 9.94. The third-order valence-electron chi connectivity index (χ3n) is 5.86. The molecule has 0 atom stereocenters. The molecule has 42 heavy (non-hydrogen) atoms. The van der Waals surface area contributed by atoms with Gasteiger partial charge in [0.1, 0.15) is 5.70 Å². The zero-order valence-electron chi connectivity index (χ0n) is 22.1. The highest BCUT2D eigenvalue weighted by molar-refractivity contribution is 6.30. The maximum Gasteiger partial charge on any atom is 0.416 e. The molecule has 4 rings (SSSR count). The van der Waals surface area contributed by atoms with Crippen LogP contribution in [0.15, 0.2) is 109 Å². The molecule has 0 fully saturated rings. The lowest BCUT2D eigenvalue weighted by molar-refractivity contribution is -0.138. The number of rotatable bonds is 8. The second kappa shape index (κ2) is 14.7. The molecule has 0 aliphatic rings. The van der Waals surface area contributed by atoms with E-state index >= 15 is 0 Å². The Morgan fingerprint density at radius 3 is 1.90 bits per heavy atom. The Hall–Kier alpha value is -4.89. The van der Waals surface area contributed by atoms with Crippen LogP contribution in [-0.2, 0) is 22.2 Å². The number of carbonyl (C=O) groups is 3. The number of carbonyl (C=O) groups excluding carboxylic acids is 2. The number of aliphatic carboxylic acids is 1. The summed E-state index contributed by atoms with van der Waals surface area (Å²) in [6.07, 6.45) is -2.37. The molecule has 10 heteroatoms. The summed E-state index contributed by atoms with van der Waals surface area (Å²) in [6.45, 7) is 0. The van der Waals surface area contributed by atoms with Crippen molar-refractivity contribution < 1.29 is 32.7 Å². The van der Waals surface area contributed by atoms with Gasteiger partial charge >= 0.3 is 12.1 Å². The number of nitrogens with one attached hydrogen (secondary N) is 1.